The summed E-state index contributed by atoms with van der Waals surface area (Å²) in [5, 5.41) is 18.2. The number of ether oxygens (including phenoxy) is 1. The standard InChI is InChI=1S/C15H20N4O3S/c1-19-5-4-16-13(19)8-17-10-9-22-11(14(10)20)7-18-15(21)12-3-2-6-23-12/h2-6,10-11,14,17,20H,7-9H2,1H3,(H,18,21)/t10-,11-,14+/m1/s1. The number of aliphatic hydroxyl groups is 1. The molecule has 1 saturated heterocycles. The lowest BCUT2D eigenvalue weighted by molar-refractivity contribution is 0.0399. The lowest BCUT2D eigenvalue weighted by atomic mass is 10.1. The average Bonchev–Trinajstić information content (AvgIpc) is 3.26. The highest BCUT2D eigenvalue weighted by atomic mass is 32.1. The van der Waals surface area contributed by atoms with Crippen LogP contribution in [0.25, 0.3) is 0 Å². The van der Waals surface area contributed by atoms with E-state index in [0.29, 0.717) is 24.6 Å². The predicted molar refractivity (Wildman–Crippen MR) is 86.2 cm³/mol. The van der Waals surface area contributed by atoms with Crippen molar-refractivity contribution in [3.8, 4) is 0 Å². The number of carbonyl (C=O) groups excluding carboxylic acids is 1. The molecule has 1 fully saturated rings. The molecule has 3 rings (SSSR count). The molecule has 0 bridgehead atoms. The van der Waals surface area contributed by atoms with Crippen molar-refractivity contribution >= 4 is 17.2 Å². The molecule has 7 nitrogen and oxygen atoms in total. The minimum Gasteiger partial charge on any atom is -0.389 e. The van der Waals surface area contributed by atoms with Crippen molar-refractivity contribution < 1.29 is 14.6 Å². The smallest absolute Gasteiger partial charge is 0.261 e. The zero-order valence-corrected chi connectivity index (χ0v) is 13.6. The van der Waals surface area contributed by atoms with E-state index in [0.717, 1.165) is 5.82 Å². The van der Waals surface area contributed by atoms with Crippen LogP contribution in [0.15, 0.2) is 29.9 Å². The summed E-state index contributed by atoms with van der Waals surface area (Å²) in [7, 11) is 1.93. The van der Waals surface area contributed by atoms with Crippen LogP contribution >= 0.6 is 11.3 Å². The summed E-state index contributed by atoms with van der Waals surface area (Å²) in [5.74, 6) is 0.756. The van der Waals surface area contributed by atoms with Gasteiger partial charge in [-0.15, -0.1) is 11.3 Å². The van der Waals surface area contributed by atoms with Crippen molar-refractivity contribution in [1.29, 1.82) is 0 Å². The molecule has 23 heavy (non-hydrogen) atoms. The van der Waals surface area contributed by atoms with E-state index in [-0.39, 0.29) is 11.9 Å². The van der Waals surface area contributed by atoms with Gasteiger partial charge in [-0.05, 0) is 11.4 Å². The molecule has 1 aliphatic heterocycles. The number of aliphatic hydroxyl groups excluding tert-OH is 1. The number of carbonyl (C=O) groups is 1. The molecule has 0 aliphatic carbocycles. The Kier molecular flexibility index (Phi) is 5.06. The number of rotatable bonds is 6. The van der Waals surface area contributed by atoms with Crippen LogP contribution in [0.3, 0.4) is 0 Å². The molecule has 0 spiro atoms. The van der Waals surface area contributed by atoms with Crippen LogP contribution in [-0.2, 0) is 18.3 Å². The minimum atomic E-state index is -0.668. The van der Waals surface area contributed by atoms with Crippen molar-refractivity contribution in [3.05, 3.63) is 40.6 Å². The molecule has 3 atom stereocenters. The van der Waals surface area contributed by atoms with Gasteiger partial charge in [0, 0.05) is 26.0 Å². The molecule has 3 N–H and O–H groups in total. The van der Waals surface area contributed by atoms with Crippen LogP contribution in [0.2, 0.25) is 0 Å². The summed E-state index contributed by atoms with van der Waals surface area (Å²) in [4.78, 5) is 16.8. The number of aryl methyl sites for hydroxylation is 1. The fraction of sp³-hybridized carbons (Fsp3) is 0.467. The third-order valence-electron chi connectivity index (χ3n) is 3.94. The van der Waals surface area contributed by atoms with Crippen LogP contribution in [0, 0.1) is 0 Å². The molecule has 1 amide bonds. The molecule has 2 aromatic rings. The van der Waals surface area contributed by atoms with Gasteiger partial charge in [-0.25, -0.2) is 4.98 Å². The molecule has 8 heteroatoms. The van der Waals surface area contributed by atoms with E-state index in [1.165, 1.54) is 11.3 Å². The van der Waals surface area contributed by atoms with Gasteiger partial charge in [-0.2, -0.15) is 0 Å². The van der Waals surface area contributed by atoms with Gasteiger partial charge in [0.25, 0.3) is 5.91 Å². The summed E-state index contributed by atoms with van der Waals surface area (Å²) < 4.78 is 7.52. The lowest BCUT2D eigenvalue weighted by Crippen LogP contribution is -2.44. The number of hydrogen-bond donors (Lipinski definition) is 3. The van der Waals surface area contributed by atoms with E-state index < -0.39 is 12.2 Å². The van der Waals surface area contributed by atoms with Gasteiger partial charge in [0.15, 0.2) is 0 Å². The van der Waals surface area contributed by atoms with Gasteiger partial charge in [0.05, 0.1) is 30.2 Å². The van der Waals surface area contributed by atoms with Crippen LogP contribution in [-0.4, -0.2) is 52.0 Å². The third kappa shape index (κ3) is 3.78. The second-order valence-electron chi connectivity index (χ2n) is 5.49. The largest absolute Gasteiger partial charge is 0.389 e. The number of thiophene rings is 1. The maximum Gasteiger partial charge on any atom is 0.261 e. The van der Waals surface area contributed by atoms with Crippen molar-refractivity contribution in [3.63, 3.8) is 0 Å². The van der Waals surface area contributed by atoms with E-state index in [9.17, 15) is 9.90 Å². The Bertz CT molecular complexity index is 643. The van der Waals surface area contributed by atoms with Crippen LogP contribution in [0.4, 0.5) is 0 Å². The Morgan fingerprint density at radius 3 is 3.17 bits per heavy atom. The summed E-state index contributed by atoms with van der Waals surface area (Å²) in [6.45, 7) is 1.26. The van der Waals surface area contributed by atoms with Crippen molar-refractivity contribution in [2.75, 3.05) is 13.2 Å². The molecule has 1 aliphatic rings. The van der Waals surface area contributed by atoms with Crippen LogP contribution < -0.4 is 10.6 Å². The number of hydrogen-bond acceptors (Lipinski definition) is 6. The fourth-order valence-corrected chi connectivity index (χ4v) is 3.16. The van der Waals surface area contributed by atoms with E-state index in [2.05, 4.69) is 15.6 Å². The highest BCUT2D eigenvalue weighted by Crippen LogP contribution is 2.15. The van der Waals surface area contributed by atoms with Crippen LogP contribution in [0.5, 0.6) is 0 Å². The minimum absolute atomic E-state index is 0.139. The first-order chi connectivity index (χ1) is 11.1. The van der Waals surface area contributed by atoms with E-state index in [1.807, 2.05) is 29.3 Å². The zero-order valence-electron chi connectivity index (χ0n) is 12.8. The highest BCUT2D eigenvalue weighted by molar-refractivity contribution is 7.12. The Hall–Kier alpha value is -1.74. The molecule has 0 saturated carbocycles. The molecule has 3 heterocycles. The van der Waals surface area contributed by atoms with E-state index >= 15 is 0 Å². The molecule has 124 valence electrons. The number of nitrogens with zero attached hydrogens (tertiary/aromatic N) is 2. The maximum atomic E-state index is 11.9. The first-order valence-corrected chi connectivity index (χ1v) is 8.34. The molecule has 0 unspecified atom stereocenters. The van der Waals surface area contributed by atoms with E-state index in [4.69, 9.17) is 4.74 Å². The molecule has 0 radical (unpaired) electrons. The molecule has 0 aromatic carbocycles. The number of imidazole rings is 1. The zero-order chi connectivity index (χ0) is 16.2. The van der Waals surface area contributed by atoms with Gasteiger partial charge in [-0.1, -0.05) is 6.07 Å². The average molecular weight is 336 g/mol. The van der Waals surface area contributed by atoms with Crippen molar-refractivity contribution in [2.45, 2.75) is 24.8 Å². The summed E-state index contributed by atoms with van der Waals surface area (Å²) in [5.41, 5.74) is 0. The number of amides is 1. The maximum absolute atomic E-state index is 11.9. The quantitative estimate of drug-likeness (QED) is 0.698. The number of aromatic nitrogens is 2. The normalized spacial score (nSPS) is 24.0. The number of nitrogens with one attached hydrogen (secondary N) is 2. The van der Waals surface area contributed by atoms with Crippen LogP contribution in [0.1, 0.15) is 15.5 Å². The second-order valence-corrected chi connectivity index (χ2v) is 6.44. The van der Waals surface area contributed by atoms with Gasteiger partial charge >= 0.3 is 0 Å². The Morgan fingerprint density at radius 1 is 1.61 bits per heavy atom. The molecular formula is C15H20N4O3S. The van der Waals surface area contributed by atoms with Crippen molar-refractivity contribution in [1.82, 2.24) is 20.2 Å². The second kappa shape index (κ2) is 7.22. The first kappa shape index (κ1) is 16.1. The topological polar surface area (TPSA) is 88.4 Å². The molecular weight excluding hydrogens is 316 g/mol. The SMILES string of the molecule is Cn1ccnc1CN[C@@H]1CO[C@H](CNC(=O)c2cccs2)[C@H]1O. The fourth-order valence-electron chi connectivity index (χ4n) is 2.52. The summed E-state index contributed by atoms with van der Waals surface area (Å²) >= 11 is 1.39. The predicted octanol–water partition coefficient (Wildman–Crippen LogP) is 0.129. The summed E-state index contributed by atoms with van der Waals surface area (Å²) in [6, 6.07) is 3.43. The summed E-state index contributed by atoms with van der Waals surface area (Å²) in [6.07, 6.45) is 2.54. The monoisotopic (exact) mass is 336 g/mol. The van der Waals surface area contributed by atoms with E-state index in [1.54, 1.807) is 12.3 Å². The Balaban J connectivity index is 1.46. The third-order valence-corrected chi connectivity index (χ3v) is 4.80. The van der Waals surface area contributed by atoms with Crippen molar-refractivity contribution in [2.24, 2.45) is 7.05 Å². The van der Waals surface area contributed by atoms with Gasteiger partial charge < -0.3 is 25.0 Å². The Labute approximate surface area is 138 Å². The first-order valence-electron chi connectivity index (χ1n) is 7.46. The highest BCUT2D eigenvalue weighted by Gasteiger charge is 2.35. The van der Waals surface area contributed by atoms with Gasteiger partial charge in [0.2, 0.25) is 0 Å². The lowest BCUT2D eigenvalue weighted by Gasteiger charge is -2.18. The molecule has 2 aromatic heterocycles. The van der Waals surface area contributed by atoms with Gasteiger partial charge in [0.1, 0.15) is 11.9 Å². The Morgan fingerprint density at radius 2 is 2.48 bits per heavy atom. The van der Waals surface area contributed by atoms with Gasteiger partial charge in [-0.3, -0.25) is 4.79 Å².